The van der Waals surface area contributed by atoms with E-state index in [4.69, 9.17) is 9.47 Å². The summed E-state index contributed by atoms with van der Waals surface area (Å²) < 4.78 is 11.8. The van der Waals surface area contributed by atoms with Crippen LogP contribution < -0.4 is 14.8 Å². The molecule has 3 nitrogen and oxygen atoms in total. The lowest BCUT2D eigenvalue weighted by Crippen LogP contribution is -2.29. The number of rotatable bonds is 8. The summed E-state index contributed by atoms with van der Waals surface area (Å²) in [6, 6.07) is 4.16. The van der Waals surface area contributed by atoms with Crippen LogP contribution in [0, 0.1) is 5.41 Å². The van der Waals surface area contributed by atoms with Gasteiger partial charge in [-0.05, 0) is 45.5 Å². The zero-order valence-electron chi connectivity index (χ0n) is 13.3. The largest absolute Gasteiger partial charge is 0.454 e. The zero-order valence-corrected chi connectivity index (χ0v) is 14.9. The maximum Gasteiger partial charge on any atom is 0.231 e. The van der Waals surface area contributed by atoms with Crippen LogP contribution in [-0.4, -0.2) is 13.3 Å². The molecule has 0 spiro atoms. The third-order valence-electron chi connectivity index (χ3n) is 3.88. The summed E-state index contributed by atoms with van der Waals surface area (Å²) in [6.07, 6.45) is 5.21. The molecule has 1 aliphatic heterocycles. The first-order valence-corrected chi connectivity index (χ1v) is 8.60. The number of hydrogen-bond donors (Lipinski definition) is 1. The molecule has 1 aromatic rings. The summed E-state index contributed by atoms with van der Waals surface area (Å²) in [5.41, 5.74) is 1.57. The highest BCUT2D eigenvalue weighted by molar-refractivity contribution is 9.10. The first-order chi connectivity index (χ1) is 10.0. The van der Waals surface area contributed by atoms with E-state index >= 15 is 0 Å². The van der Waals surface area contributed by atoms with Crippen molar-refractivity contribution in [2.24, 2.45) is 5.41 Å². The molecule has 21 heavy (non-hydrogen) atoms. The molecule has 4 heteroatoms. The molecule has 0 unspecified atom stereocenters. The van der Waals surface area contributed by atoms with Gasteiger partial charge in [-0.2, -0.15) is 0 Å². The van der Waals surface area contributed by atoms with Crippen LogP contribution in [0.5, 0.6) is 11.5 Å². The highest BCUT2D eigenvalue weighted by Crippen LogP contribution is 2.40. The van der Waals surface area contributed by atoms with Crippen LogP contribution in [0.1, 0.15) is 52.0 Å². The lowest BCUT2D eigenvalue weighted by atomic mass is 9.87. The van der Waals surface area contributed by atoms with E-state index in [1.54, 1.807) is 0 Å². The third-order valence-corrected chi connectivity index (χ3v) is 4.47. The Morgan fingerprint density at radius 1 is 1.24 bits per heavy atom. The van der Waals surface area contributed by atoms with Crippen LogP contribution in [-0.2, 0) is 6.54 Å². The lowest BCUT2D eigenvalue weighted by molar-refractivity contribution is 0.173. The summed E-state index contributed by atoms with van der Waals surface area (Å²) in [5, 5.41) is 3.57. The predicted octanol–water partition coefficient (Wildman–Crippen LogP) is 4.87. The number of halogens is 1. The van der Waals surface area contributed by atoms with Gasteiger partial charge in [-0.3, -0.25) is 0 Å². The number of nitrogens with one attached hydrogen (secondary N) is 1. The number of benzene rings is 1. The van der Waals surface area contributed by atoms with Crippen LogP contribution in [0.4, 0.5) is 0 Å². The minimum absolute atomic E-state index is 0.315. The number of unbranched alkanes of at least 4 members (excludes halogenated alkanes) is 2. The van der Waals surface area contributed by atoms with Gasteiger partial charge in [-0.25, -0.2) is 0 Å². The van der Waals surface area contributed by atoms with Gasteiger partial charge in [0.25, 0.3) is 0 Å². The van der Waals surface area contributed by atoms with Gasteiger partial charge < -0.3 is 14.8 Å². The van der Waals surface area contributed by atoms with E-state index in [9.17, 15) is 0 Å². The monoisotopic (exact) mass is 355 g/mol. The van der Waals surface area contributed by atoms with Crippen molar-refractivity contribution in [3.8, 4) is 11.5 Å². The van der Waals surface area contributed by atoms with Crippen molar-refractivity contribution in [3.63, 3.8) is 0 Å². The molecular weight excluding hydrogens is 330 g/mol. The molecule has 0 saturated carbocycles. The summed E-state index contributed by atoms with van der Waals surface area (Å²) in [4.78, 5) is 0. The Morgan fingerprint density at radius 2 is 2.05 bits per heavy atom. The van der Waals surface area contributed by atoms with Crippen molar-refractivity contribution >= 4 is 15.9 Å². The number of fused-ring (bicyclic) bond motifs is 1. The van der Waals surface area contributed by atoms with E-state index in [1.165, 1.54) is 31.2 Å². The number of ether oxygens (including phenoxy) is 2. The molecule has 0 aliphatic carbocycles. The average molecular weight is 356 g/mol. The van der Waals surface area contributed by atoms with Gasteiger partial charge in [0.2, 0.25) is 6.79 Å². The smallest absolute Gasteiger partial charge is 0.231 e. The van der Waals surface area contributed by atoms with Gasteiger partial charge in [0, 0.05) is 13.1 Å². The lowest BCUT2D eigenvalue weighted by Gasteiger charge is -2.25. The predicted molar refractivity (Wildman–Crippen MR) is 89.9 cm³/mol. The van der Waals surface area contributed by atoms with Crippen molar-refractivity contribution in [3.05, 3.63) is 22.2 Å². The SMILES string of the molecule is CCCCCC(C)(C)CNCc1cc(Br)c2c(c1)OCO2. The fourth-order valence-electron chi connectivity index (χ4n) is 2.61. The van der Waals surface area contributed by atoms with E-state index in [2.05, 4.69) is 54.2 Å². The zero-order chi connectivity index (χ0) is 15.3. The summed E-state index contributed by atoms with van der Waals surface area (Å²) >= 11 is 3.54. The van der Waals surface area contributed by atoms with Gasteiger partial charge in [0.1, 0.15) is 0 Å². The van der Waals surface area contributed by atoms with E-state index in [0.29, 0.717) is 12.2 Å². The van der Waals surface area contributed by atoms with Gasteiger partial charge in [0.15, 0.2) is 11.5 Å². The second-order valence-corrected chi connectivity index (χ2v) is 7.39. The Balaban J connectivity index is 1.82. The Hall–Kier alpha value is -0.740. The van der Waals surface area contributed by atoms with E-state index < -0.39 is 0 Å². The molecule has 0 atom stereocenters. The Kier molecular flexibility index (Phi) is 5.94. The van der Waals surface area contributed by atoms with Crippen molar-refractivity contribution in [1.29, 1.82) is 0 Å². The van der Waals surface area contributed by atoms with Crippen molar-refractivity contribution in [2.45, 2.75) is 53.0 Å². The van der Waals surface area contributed by atoms with Crippen molar-refractivity contribution in [2.75, 3.05) is 13.3 Å². The third kappa shape index (κ3) is 4.89. The van der Waals surface area contributed by atoms with Gasteiger partial charge >= 0.3 is 0 Å². The standard InChI is InChI=1S/C17H26BrNO2/c1-4-5-6-7-17(2,3)11-19-10-13-8-14(18)16-15(9-13)20-12-21-16/h8-9,19H,4-7,10-12H2,1-3H3. The molecule has 0 bridgehead atoms. The molecule has 0 amide bonds. The molecule has 2 rings (SSSR count). The Labute approximate surface area is 136 Å². The van der Waals surface area contributed by atoms with E-state index in [-0.39, 0.29) is 0 Å². The molecule has 118 valence electrons. The molecule has 1 aromatic carbocycles. The van der Waals surface area contributed by atoms with Crippen LogP contribution in [0.2, 0.25) is 0 Å². The molecule has 0 aromatic heterocycles. The van der Waals surface area contributed by atoms with Gasteiger partial charge in [-0.1, -0.05) is 40.0 Å². The van der Waals surface area contributed by atoms with Crippen LogP contribution in [0.3, 0.4) is 0 Å². The van der Waals surface area contributed by atoms with E-state index in [0.717, 1.165) is 29.1 Å². The summed E-state index contributed by atoms with van der Waals surface area (Å²) in [6.45, 7) is 9.13. The van der Waals surface area contributed by atoms with Crippen LogP contribution in [0.25, 0.3) is 0 Å². The fraction of sp³-hybridized carbons (Fsp3) is 0.647. The van der Waals surface area contributed by atoms with Crippen molar-refractivity contribution in [1.82, 2.24) is 5.32 Å². The highest BCUT2D eigenvalue weighted by Gasteiger charge is 2.19. The normalized spacial score (nSPS) is 13.7. The molecule has 1 heterocycles. The fourth-order valence-corrected chi connectivity index (χ4v) is 3.21. The minimum Gasteiger partial charge on any atom is -0.454 e. The molecule has 0 fully saturated rings. The maximum absolute atomic E-state index is 5.45. The van der Waals surface area contributed by atoms with Gasteiger partial charge in [-0.15, -0.1) is 0 Å². The van der Waals surface area contributed by atoms with Crippen LogP contribution >= 0.6 is 15.9 Å². The Morgan fingerprint density at radius 3 is 2.81 bits per heavy atom. The minimum atomic E-state index is 0.315. The number of hydrogen-bond acceptors (Lipinski definition) is 3. The first-order valence-electron chi connectivity index (χ1n) is 7.80. The van der Waals surface area contributed by atoms with Gasteiger partial charge in [0.05, 0.1) is 4.47 Å². The molecule has 1 N–H and O–H groups in total. The molecular formula is C17H26BrNO2. The topological polar surface area (TPSA) is 30.5 Å². The average Bonchev–Trinajstić information content (AvgIpc) is 2.87. The quantitative estimate of drug-likeness (QED) is 0.674. The summed E-state index contributed by atoms with van der Waals surface area (Å²) in [5.74, 6) is 1.65. The molecule has 0 radical (unpaired) electrons. The highest BCUT2D eigenvalue weighted by atomic mass is 79.9. The Bertz CT molecular complexity index is 474. The second kappa shape index (κ2) is 7.50. The van der Waals surface area contributed by atoms with Crippen molar-refractivity contribution < 1.29 is 9.47 Å². The molecule has 1 aliphatic rings. The molecule has 0 saturated heterocycles. The maximum atomic E-state index is 5.45. The summed E-state index contributed by atoms with van der Waals surface area (Å²) in [7, 11) is 0. The van der Waals surface area contributed by atoms with Crippen LogP contribution in [0.15, 0.2) is 16.6 Å². The second-order valence-electron chi connectivity index (χ2n) is 6.54. The van der Waals surface area contributed by atoms with E-state index in [1.807, 2.05) is 0 Å². The first kappa shape index (κ1) is 16.6.